The molecule has 1 aromatic rings. The van der Waals surface area contributed by atoms with Crippen molar-refractivity contribution in [3.63, 3.8) is 0 Å². The fraction of sp³-hybridized carbons (Fsp3) is 0.333. The molecule has 0 radical (unpaired) electrons. The summed E-state index contributed by atoms with van der Waals surface area (Å²) in [6.07, 6.45) is 3.09. The topological polar surface area (TPSA) is 62.4 Å². The van der Waals surface area contributed by atoms with Crippen LogP contribution in [0.25, 0.3) is 5.57 Å². The Balaban J connectivity index is 3.21. The van der Waals surface area contributed by atoms with E-state index < -0.39 is 5.97 Å². The van der Waals surface area contributed by atoms with E-state index in [0.717, 1.165) is 0 Å². The average molecular weight is 236 g/mol. The molecule has 5 heteroatoms. The molecule has 92 valence electrons. The minimum Gasteiger partial charge on any atom is -0.462 e. The van der Waals surface area contributed by atoms with Crippen LogP contribution in [0.1, 0.15) is 12.5 Å². The minimum absolute atomic E-state index is 0.249. The van der Waals surface area contributed by atoms with Gasteiger partial charge in [0.2, 0.25) is 0 Å². The molecule has 1 N–H and O–H groups in total. The highest BCUT2D eigenvalue weighted by atomic mass is 16.5. The molecular weight excluding hydrogens is 220 g/mol. The first-order chi connectivity index (χ1) is 8.06. The first-order valence-corrected chi connectivity index (χ1v) is 5.29. The number of H-pyrrole nitrogens is 1. The zero-order valence-electron chi connectivity index (χ0n) is 10.2. The molecule has 0 saturated heterocycles. The lowest BCUT2D eigenvalue weighted by atomic mass is 10.1. The van der Waals surface area contributed by atoms with Crippen LogP contribution in [0.5, 0.6) is 0 Å². The predicted octanol–water partition coefficient (Wildman–Crippen LogP) is 0.841. The van der Waals surface area contributed by atoms with Crippen molar-refractivity contribution in [2.75, 3.05) is 20.7 Å². The van der Waals surface area contributed by atoms with Gasteiger partial charge in [0.05, 0.1) is 17.7 Å². The van der Waals surface area contributed by atoms with Gasteiger partial charge in [0.1, 0.15) is 0 Å². The summed E-state index contributed by atoms with van der Waals surface area (Å²) >= 11 is 0. The number of carbonyl (C=O) groups is 1. The summed E-state index contributed by atoms with van der Waals surface area (Å²) in [6.45, 7) is 1.99. The van der Waals surface area contributed by atoms with Gasteiger partial charge in [-0.3, -0.25) is 4.79 Å². The van der Waals surface area contributed by atoms with Gasteiger partial charge in [0, 0.05) is 26.5 Å². The van der Waals surface area contributed by atoms with E-state index in [-0.39, 0.29) is 17.7 Å². The average Bonchev–Trinajstić information content (AvgIpc) is 2.27. The fourth-order valence-electron chi connectivity index (χ4n) is 1.33. The Morgan fingerprint density at radius 2 is 2.24 bits per heavy atom. The monoisotopic (exact) mass is 236 g/mol. The van der Waals surface area contributed by atoms with Crippen LogP contribution in [-0.2, 0) is 9.53 Å². The number of nitrogens with one attached hydrogen (secondary N) is 1. The Labute approximate surface area is 99.7 Å². The summed E-state index contributed by atoms with van der Waals surface area (Å²) < 4.78 is 4.93. The molecule has 17 heavy (non-hydrogen) atoms. The van der Waals surface area contributed by atoms with E-state index in [1.165, 1.54) is 6.20 Å². The van der Waals surface area contributed by atoms with Crippen molar-refractivity contribution in [3.8, 4) is 0 Å². The number of ether oxygens (including phenoxy) is 1. The molecule has 1 aromatic heterocycles. The number of nitrogens with zero attached hydrogens (tertiary/aromatic N) is 1. The molecular formula is C12H16N2O3. The van der Waals surface area contributed by atoms with Crippen LogP contribution in [-0.4, -0.2) is 36.6 Å². The van der Waals surface area contributed by atoms with Crippen molar-refractivity contribution >= 4 is 11.5 Å². The van der Waals surface area contributed by atoms with E-state index in [0.29, 0.717) is 5.56 Å². The predicted molar refractivity (Wildman–Crippen MR) is 65.4 cm³/mol. The molecule has 0 atom stereocenters. The zero-order valence-corrected chi connectivity index (χ0v) is 10.2. The first-order valence-electron chi connectivity index (χ1n) is 5.29. The van der Waals surface area contributed by atoms with Crippen molar-refractivity contribution < 1.29 is 9.53 Å². The van der Waals surface area contributed by atoms with E-state index in [4.69, 9.17) is 4.74 Å². The van der Waals surface area contributed by atoms with Crippen LogP contribution in [0.15, 0.2) is 29.3 Å². The molecule has 1 rings (SSSR count). The maximum Gasteiger partial charge on any atom is 0.340 e. The molecule has 0 amide bonds. The van der Waals surface area contributed by atoms with E-state index in [9.17, 15) is 9.59 Å². The number of esters is 1. The highest BCUT2D eigenvalue weighted by Gasteiger charge is 2.16. The lowest BCUT2D eigenvalue weighted by Crippen LogP contribution is -2.18. The van der Waals surface area contributed by atoms with Gasteiger partial charge in [-0.2, -0.15) is 0 Å². The van der Waals surface area contributed by atoms with Crippen LogP contribution >= 0.6 is 0 Å². The first kappa shape index (κ1) is 13.0. The molecule has 0 aliphatic rings. The molecule has 1 heterocycles. The maximum atomic E-state index is 11.8. The summed E-state index contributed by atoms with van der Waals surface area (Å²) in [6, 6.07) is 3.25. The van der Waals surface area contributed by atoms with Crippen LogP contribution in [0, 0.1) is 0 Å². The molecule has 0 spiro atoms. The van der Waals surface area contributed by atoms with Gasteiger partial charge in [-0.25, -0.2) is 4.79 Å². The minimum atomic E-state index is -0.502. The Morgan fingerprint density at radius 3 is 2.76 bits per heavy atom. The number of rotatable bonds is 4. The number of pyridine rings is 1. The Morgan fingerprint density at radius 1 is 1.53 bits per heavy atom. The third-order valence-electron chi connectivity index (χ3n) is 1.99. The standard InChI is InChI=1S/C12H16N2O3/c1-4-17-12(16)10(8-14(2)3)9-6-5-7-13-11(9)15/h5-8H,4H2,1-3H3,(H,13,15). The van der Waals surface area contributed by atoms with E-state index in [2.05, 4.69) is 4.98 Å². The van der Waals surface area contributed by atoms with E-state index in [1.807, 2.05) is 0 Å². The number of carbonyl (C=O) groups excluding carboxylic acids is 1. The Kier molecular flexibility index (Phi) is 4.51. The SMILES string of the molecule is CCOC(=O)C(=CN(C)C)c1ccc[nH]c1=O. The normalized spacial score (nSPS) is 11.1. The summed E-state index contributed by atoms with van der Waals surface area (Å²) in [7, 11) is 3.55. The van der Waals surface area contributed by atoms with Crippen molar-refractivity contribution in [2.45, 2.75) is 6.92 Å². The molecule has 0 fully saturated rings. The van der Waals surface area contributed by atoms with Crippen molar-refractivity contribution in [3.05, 3.63) is 40.4 Å². The highest BCUT2D eigenvalue weighted by molar-refractivity contribution is 6.16. The highest BCUT2D eigenvalue weighted by Crippen LogP contribution is 2.12. The molecule has 0 saturated carbocycles. The second-order valence-electron chi connectivity index (χ2n) is 3.64. The molecule has 0 aliphatic heterocycles. The van der Waals surface area contributed by atoms with Crippen molar-refractivity contribution in [1.29, 1.82) is 0 Å². The lowest BCUT2D eigenvalue weighted by Gasteiger charge is -2.10. The molecule has 5 nitrogen and oxygen atoms in total. The van der Waals surface area contributed by atoms with Crippen LogP contribution in [0.2, 0.25) is 0 Å². The van der Waals surface area contributed by atoms with E-state index in [1.54, 1.807) is 44.3 Å². The zero-order chi connectivity index (χ0) is 12.8. The molecule has 0 aliphatic carbocycles. The second kappa shape index (κ2) is 5.89. The van der Waals surface area contributed by atoms with Crippen molar-refractivity contribution in [2.24, 2.45) is 0 Å². The number of aromatic amines is 1. The van der Waals surface area contributed by atoms with Gasteiger partial charge in [0.15, 0.2) is 0 Å². The summed E-state index contributed by atoms with van der Waals surface area (Å²) in [5.74, 6) is -0.502. The molecule has 0 aromatic carbocycles. The van der Waals surface area contributed by atoms with Gasteiger partial charge in [-0.1, -0.05) is 0 Å². The van der Waals surface area contributed by atoms with Gasteiger partial charge in [0.25, 0.3) is 5.56 Å². The summed E-state index contributed by atoms with van der Waals surface area (Å²) in [5, 5.41) is 0. The van der Waals surface area contributed by atoms with Gasteiger partial charge in [-0.05, 0) is 19.1 Å². The number of aromatic nitrogens is 1. The Hall–Kier alpha value is -2.04. The Bertz CT molecular complexity index is 475. The van der Waals surface area contributed by atoms with Gasteiger partial charge >= 0.3 is 5.97 Å². The van der Waals surface area contributed by atoms with Gasteiger partial charge < -0.3 is 14.6 Å². The third kappa shape index (κ3) is 3.48. The lowest BCUT2D eigenvalue weighted by molar-refractivity contribution is -0.136. The van der Waals surface area contributed by atoms with Crippen LogP contribution in [0.4, 0.5) is 0 Å². The third-order valence-corrected chi connectivity index (χ3v) is 1.99. The second-order valence-corrected chi connectivity index (χ2v) is 3.64. The van der Waals surface area contributed by atoms with E-state index >= 15 is 0 Å². The summed E-state index contributed by atoms with van der Waals surface area (Å²) in [5.41, 5.74) is 0.243. The van der Waals surface area contributed by atoms with Crippen molar-refractivity contribution in [1.82, 2.24) is 9.88 Å². The smallest absolute Gasteiger partial charge is 0.340 e. The quantitative estimate of drug-likeness (QED) is 0.621. The number of hydrogen-bond acceptors (Lipinski definition) is 4. The fourth-order valence-corrected chi connectivity index (χ4v) is 1.33. The van der Waals surface area contributed by atoms with Crippen LogP contribution < -0.4 is 5.56 Å². The van der Waals surface area contributed by atoms with Crippen LogP contribution in [0.3, 0.4) is 0 Å². The largest absolute Gasteiger partial charge is 0.462 e. The maximum absolute atomic E-state index is 11.8. The number of hydrogen-bond donors (Lipinski definition) is 1. The van der Waals surface area contributed by atoms with Gasteiger partial charge in [-0.15, -0.1) is 0 Å². The molecule has 0 unspecified atom stereocenters. The summed E-state index contributed by atoms with van der Waals surface area (Å²) in [4.78, 5) is 27.6. The molecule has 0 bridgehead atoms.